The van der Waals surface area contributed by atoms with Crippen molar-refractivity contribution >= 4 is 17.3 Å². The summed E-state index contributed by atoms with van der Waals surface area (Å²) >= 11 is 0. The average Bonchev–Trinajstić information content (AvgIpc) is 2.88. The Labute approximate surface area is 110 Å². The average molecular weight is 254 g/mol. The second-order valence-corrected chi connectivity index (χ2v) is 4.17. The first-order valence-corrected chi connectivity index (χ1v) is 6.06. The number of nitrogens with one attached hydrogen (secondary N) is 1. The van der Waals surface area contributed by atoms with Crippen LogP contribution in [0.25, 0.3) is 5.65 Å². The SMILES string of the molecule is Nc1cn2ccnc2c(NCCc2ccccn2)n1. The summed E-state index contributed by atoms with van der Waals surface area (Å²) < 4.78 is 1.85. The van der Waals surface area contributed by atoms with Gasteiger partial charge in [0, 0.05) is 37.3 Å². The van der Waals surface area contributed by atoms with Crippen molar-refractivity contribution in [2.75, 3.05) is 17.6 Å². The van der Waals surface area contributed by atoms with E-state index in [0.717, 1.165) is 24.3 Å². The Balaban J connectivity index is 1.73. The molecule has 0 atom stereocenters. The monoisotopic (exact) mass is 254 g/mol. The molecule has 0 saturated heterocycles. The van der Waals surface area contributed by atoms with Crippen molar-refractivity contribution in [1.82, 2.24) is 19.4 Å². The van der Waals surface area contributed by atoms with Crippen LogP contribution in [-0.2, 0) is 6.42 Å². The molecule has 0 spiro atoms. The first kappa shape index (κ1) is 11.5. The fourth-order valence-corrected chi connectivity index (χ4v) is 1.92. The highest BCUT2D eigenvalue weighted by atomic mass is 15.1. The molecule has 3 heterocycles. The lowest BCUT2D eigenvalue weighted by molar-refractivity contribution is 0.951. The quantitative estimate of drug-likeness (QED) is 0.734. The lowest BCUT2D eigenvalue weighted by Crippen LogP contribution is -2.09. The van der Waals surface area contributed by atoms with Gasteiger partial charge in [0.25, 0.3) is 0 Å². The fourth-order valence-electron chi connectivity index (χ4n) is 1.92. The Hall–Kier alpha value is -2.63. The maximum Gasteiger partial charge on any atom is 0.180 e. The van der Waals surface area contributed by atoms with Crippen molar-refractivity contribution in [3.63, 3.8) is 0 Å². The van der Waals surface area contributed by atoms with E-state index in [1.54, 1.807) is 18.6 Å². The number of nitrogens with two attached hydrogens (primary N) is 1. The minimum absolute atomic E-state index is 0.464. The molecule has 0 aromatic carbocycles. The van der Waals surface area contributed by atoms with Gasteiger partial charge in [-0.3, -0.25) is 4.98 Å². The van der Waals surface area contributed by atoms with Crippen LogP contribution in [0.4, 0.5) is 11.6 Å². The number of nitrogen functional groups attached to an aromatic ring is 1. The summed E-state index contributed by atoms with van der Waals surface area (Å²) in [5, 5.41) is 3.25. The molecule has 6 nitrogen and oxygen atoms in total. The van der Waals surface area contributed by atoms with Crippen molar-refractivity contribution in [1.29, 1.82) is 0 Å². The number of hydrogen-bond donors (Lipinski definition) is 2. The van der Waals surface area contributed by atoms with Gasteiger partial charge in [-0.2, -0.15) is 0 Å². The summed E-state index contributed by atoms with van der Waals surface area (Å²) in [5.74, 6) is 1.16. The number of aromatic nitrogens is 4. The molecular weight excluding hydrogens is 240 g/mol. The van der Waals surface area contributed by atoms with E-state index in [9.17, 15) is 0 Å². The highest BCUT2D eigenvalue weighted by molar-refractivity contribution is 5.64. The molecular formula is C13H14N6. The van der Waals surface area contributed by atoms with Gasteiger partial charge in [-0.15, -0.1) is 0 Å². The summed E-state index contributed by atoms with van der Waals surface area (Å²) in [6, 6.07) is 5.89. The maximum atomic E-state index is 5.75. The molecule has 0 aliphatic rings. The molecule has 0 bridgehead atoms. The third kappa shape index (κ3) is 2.47. The Morgan fingerprint density at radius 1 is 1.21 bits per heavy atom. The van der Waals surface area contributed by atoms with E-state index < -0.39 is 0 Å². The van der Waals surface area contributed by atoms with Gasteiger partial charge in [0.05, 0.1) is 6.20 Å². The molecule has 6 heteroatoms. The van der Waals surface area contributed by atoms with E-state index in [-0.39, 0.29) is 0 Å². The number of nitrogens with zero attached hydrogens (tertiary/aromatic N) is 4. The number of fused-ring (bicyclic) bond motifs is 1. The molecule has 3 N–H and O–H groups in total. The van der Waals surface area contributed by atoms with Crippen LogP contribution < -0.4 is 11.1 Å². The largest absolute Gasteiger partial charge is 0.382 e. The van der Waals surface area contributed by atoms with Crippen LogP contribution in [-0.4, -0.2) is 25.9 Å². The first-order valence-electron chi connectivity index (χ1n) is 6.06. The summed E-state index contributed by atoms with van der Waals surface area (Å²) in [6.07, 6.45) is 7.93. The molecule has 3 rings (SSSR count). The molecule has 0 aliphatic carbocycles. The van der Waals surface area contributed by atoms with Crippen LogP contribution in [0.2, 0.25) is 0 Å². The molecule has 3 aromatic heterocycles. The maximum absolute atomic E-state index is 5.75. The van der Waals surface area contributed by atoms with Crippen LogP contribution >= 0.6 is 0 Å². The zero-order valence-electron chi connectivity index (χ0n) is 10.3. The Bertz CT molecular complexity index is 676. The minimum Gasteiger partial charge on any atom is -0.382 e. The van der Waals surface area contributed by atoms with E-state index in [1.807, 2.05) is 28.8 Å². The zero-order chi connectivity index (χ0) is 13.1. The fraction of sp³-hybridized carbons (Fsp3) is 0.154. The third-order valence-electron chi connectivity index (χ3n) is 2.79. The predicted molar refractivity (Wildman–Crippen MR) is 73.8 cm³/mol. The van der Waals surface area contributed by atoms with Crippen molar-refractivity contribution in [2.45, 2.75) is 6.42 Å². The topological polar surface area (TPSA) is 81.1 Å². The van der Waals surface area contributed by atoms with Gasteiger partial charge in [-0.25, -0.2) is 9.97 Å². The summed E-state index contributed by atoms with van der Waals surface area (Å²) in [5.41, 5.74) is 7.57. The van der Waals surface area contributed by atoms with Crippen LogP contribution in [0.15, 0.2) is 43.0 Å². The lowest BCUT2D eigenvalue weighted by Gasteiger charge is -2.07. The van der Waals surface area contributed by atoms with Crippen LogP contribution in [0.3, 0.4) is 0 Å². The van der Waals surface area contributed by atoms with Crippen molar-refractivity contribution < 1.29 is 0 Å². The van der Waals surface area contributed by atoms with E-state index in [2.05, 4.69) is 20.3 Å². The van der Waals surface area contributed by atoms with Gasteiger partial charge in [0.15, 0.2) is 11.5 Å². The van der Waals surface area contributed by atoms with Gasteiger partial charge in [-0.1, -0.05) is 6.07 Å². The van der Waals surface area contributed by atoms with Gasteiger partial charge in [0.1, 0.15) is 5.82 Å². The third-order valence-corrected chi connectivity index (χ3v) is 2.79. The molecule has 19 heavy (non-hydrogen) atoms. The summed E-state index contributed by atoms with van der Waals surface area (Å²) in [7, 11) is 0. The molecule has 0 amide bonds. The van der Waals surface area contributed by atoms with Crippen molar-refractivity contribution in [3.8, 4) is 0 Å². The van der Waals surface area contributed by atoms with Gasteiger partial charge >= 0.3 is 0 Å². The van der Waals surface area contributed by atoms with Crippen molar-refractivity contribution in [3.05, 3.63) is 48.7 Å². The molecule has 0 aliphatic heterocycles. The normalized spacial score (nSPS) is 10.7. The van der Waals surface area contributed by atoms with Gasteiger partial charge in [-0.05, 0) is 12.1 Å². The Morgan fingerprint density at radius 3 is 3.00 bits per heavy atom. The van der Waals surface area contributed by atoms with E-state index in [4.69, 9.17) is 5.73 Å². The highest BCUT2D eigenvalue weighted by Crippen LogP contribution is 2.14. The van der Waals surface area contributed by atoms with Crippen LogP contribution in [0, 0.1) is 0 Å². The number of anilines is 2. The summed E-state index contributed by atoms with van der Waals surface area (Å²) in [4.78, 5) is 12.8. The van der Waals surface area contributed by atoms with E-state index >= 15 is 0 Å². The first-order chi connectivity index (χ1) is 9.33. The zero-order valence-corrected chi connectivity index (χ0v) is 10.3. The van der Waals surface area contributed by atoms with Crippen LogP contribution in [0.5, 0.6) is 0 Å². The number of rotatable bonds is 4. The van der Waals surface area contributed by atoms with Gasteiger partial charge < -0.3 is 15.5 Å². The molecule has 3 aromatic rings. The number of pyridine rings is 1. The Morgan fingerprint density at radius 2 is 2.16 bits per heavy atom. The van der Waals surface area contributed by atoms with E-state index in [0.29, 0.717) is 11.6 Å². The minimum atomic E-state index is 0.464. The van der Waals surface area contributed by atoms with Crippen LogP contribution in [0.1, 0.15) is 5.69 Å². The van der Waals surface area contributed by atoms with Crippen molar-refractivity contribution in [2.24, 2.45) is 0 Å². The standard InChI is InChI=1S/C13H14N6/c14-11-9-19-8-7-17-13(19)12(18-11)16-6-4-10-3-1-2-5-15-10/h1-3,5,7-9H,4,6,14H2,(H,16,18). The highest BCUT2D eigenvalue weighted by Gasteiger charge is 2.05. The second kappa shape index (κ2) is 4.93. The number of hydrogen-bond acceptors (Lipinski definition) is 5. The predicted octanol–water partition coefficient (Wildman–Crippen LogP) is 1.36. The molecule has 0 unspecified atom stereocenters. The lowest BCUT2D eigenvalue weighted by atomic mass is 10.3. The molecule has 0 saturated carbocycles. The molecule has 0 radical (unpaired) electrons. The van der Waals surface area contributed by atoms with Gasteiger partial charge in [0.2, 0.25) is 0 Å². The molecule has 96 valence electrons. The number of imidazole rings is 1. The molecule has 0 fully saturated rings. The Kier molecular flexibility index (Phi) is 2.97. The summed E-state index contributed by atoms with van der Waals surface area (Å²) in [6.45, 7) is 0.732. The second-order valence-electron chi connectivity index (χ2n) is 4.17. The smallest absolute Gasteiger partial charge is 0.180 e. The van der Waals surface area contributed by atoms with E-state index in [1.165, 1.54) is 0 Å².